The van der Waals surface area contributed by atoms with Gasteiger partial charge in [0.2, 0.25) is 0 Å². The van der Waals surface area contributed by atoms with Gasteiger partial charge >= 0.3 is 0 Å². The van der Waals surface area contributed by atoms with E-state index in [4.69, 9.17) is 0 Å². The van der Waals surface area contributed by atoms with Crippen LogP contribution in [0.1, 0.15) is 10.5 Å². The van der Waals surface area contributed by atoms with Crippen molar-refractivity contribution in [1.82, 2.24) is 9.13 Å². The van der Waals surface area contributed by atoms with E-state index in [9.17, 15) is 9.59 Å². The number of halogens is 1. The highest BCUT2D eigenvalue weighted by atomic mass is 79.9. The third-order valence-corrected chi connectivity index (χ3v) is 2.96. The lowest BCUT2D eigenvalue weighted by atomic mass is 10.3. The number of Topliss-reactive ketones (excluding diaryl/α,β-unsaturated/α-hetero) is 1. The van der Waals surface area contributed by atoms with Crippen LogP contribution in [0.3, 0.4) is 0 Å². The SMILES string of the molecule is Cn1cccc1C(=O)Cn1cc(Br)ccc1=O. The first-order chi connectivity index (χ1) is 8.08. The number of pyridine rings is 1. The van der Waals surface area contributed by atoms with Crippen LogP contribution in [0.15, 0.2) is 45.9 Å². The highest BCUT2D eigenvalue weighted by molar-refractivity contribution is 9.10. The topological polar surface area (TPSA) is 44.0 Å². The number of carbonyl (C=O) groups excluding carboxylic acids is 1. The predicted molar refractivity (Wildman–Crippen MR) is 68.1 cm³/mol. The van der Waals surface area contributed by atoms with Crippen LogP contribution in [0.25, 0.3) is 0 Å². The molecule has 2 aromatic rings. The zero-order chi connectivity index (χ0) is 12.4. The fraction of sp³-hybridized carbons (Fsp3) is 0.167. The number of hydrogen-bond acceptors (Lipinski definition) is 2. The molecule has 0 fully saturated rings. The Morgan fingerprint density at radius 2 is 2.12 bits per heavy atom. The number of aromatic nitrogens is 2. The molecule has 4 nitrogen and oxygen atoms in total. The number of carbonyl (C=O) groups is 1. The molecule has 0 N–H and O–H groups in total. The molecule has 0 bridgehead atoms. The van der Waals surface area contributed by atoms with Gasteiger partial charge in [-0.05, 0) is 34.1 Å². The van der Waals surface area contributed by atoms with Gasteiger partial charge in [-0.1, -0.05) is 0 Å². The summed E-state index contributed by atoms with van der Waals surface area (Å²) in [6.45, 7) is 0.0517. The minimum absolute atomic E-state index is 0.0517. The minimum atomic E-state index is -0.184. The second kappa shape index (κ2) is 4.71. The molecule has 0 aliphatic rings. The number of ketones is 1. The first-order valence-electron chi connectivity index (χ1n) is 5.08. The normalized spacial score (nSPS) is 10.5. The third kappa shape index (κ3) is 2.55. The Morgan fingerprint density at radius 3 is 2.76 bits per heavy atom. The zero-order valence-electron chi connectivity index (χ0n) is 9.26. The summed E-state index contributed by atoms with van der Waals surface area (Å²) in [5.74, 6) is -0.0855. The summed E-state index contributed by atoms with van der Waals surface area (Å²) in [6.07, 6.45) is 3.42. The van der Waals surface area contributed by atoms with Gasteiger partial charge in [0.1, 0.15) is 0 Å². The minimum Gasteiger partial charge on any atom is -0.348 e. The maximum Gasteiger partial charge on any atom is 0.251 e. The first-order valence-corrected chi connectivity index (χ1v) is 5.88. The Kier molecular flexibility index (Phi) is 3.28. The number of rotatable bonds is 3. The van der Waals surface area contributed by atoms with E-state index in [1.54, 1.807) is 42.2 Å². The number of aryl methyl sites for hydroxylation is 1. The molecular formula is C12H11BrN2O2. The monoisotopic (exact) mass is 294 g/mol. The second-order valence-corrected chi connectivity index (χ2v) is 4.66. The van der Waals surface area contributed by atoms with Crippen LogP contribution in [-0.2, 0) is 13.6 Å². The van der Waals surface area contributed by atoms with Crippen molar-refractivity contribution in [3.63, 3.8) is 0 Å². The molecule has 0 aliphatic heterocycles. The van der Waals surface area contributed by atoms with Crippen molar-refractivity contribution < 1.29 is 4.79 Å². The summed E-state index contributed by atoms with van der Waals surface area (Å²) in [5, 5.41) is 0. The van der Waals surface area contributed by atoms with Crippen molar-refractivity contribution >= 4 is 21.7 Å². The van der Waals surface area contributed by atoms with Crippen molar-refractivity contribution in [1.29, 1.82) is 0 Å². The molecule has 0 unspecified atom stereocenters. The van der Waals surface area contributed by atoms with Gasteiger partial charge in [0.05, 0.1) is 12.2 Å². The van der Waals surface area contributed by atoms with Gasteiger partial charge in [0, 0.05) is 30.0 Å². The molecule has 2 rings (SSSR count). The van der Waals surface area contributed by atoms with Gasteiger partial charge in [-0.2, -0.15) is 0 Å². The van der Waals surface area contributed by atoms with Crippen LogP contribution in [-0.4, -0.2) is 14.9 Å². The highest BCUT2D eigenvalue weighted by Gasteiger charge is 2.10. The summed E-state index contributed by atoms with van der Waals surface area (Å²) in [5.41, 5.74) is 0.410. The third-order valence-electron chi connectivity index (χ3n) is 2.49. The van der Waals surface area contributed by atoms with Gasteiger partial charge in [0.25, 0.3) is 5.56 Å². The van der Waals surface area contributed by atoms with Gasteiger partial charge in [-0.3, -0.25) is 9.59 Å². The Morgan fingerprint density at radius 1 is 1.35 bits per heavy atom. The van der Waals surface area contributed by atoms with E-state index in [0.717, 1.165) is 4.47 Å². The van der Waals surface area contributed by atoms with Crippen molar-refractivity contribution in [3.8, 4) is 0 Å². The Labute approximate surface area is 107 Å². The number of hydrogen-bond donors (Lipinski definition) is 0. The molecule has 0 amide bonds. The van der Waals surface area contributed by atoms with E-state index in [-0.39, 0.29) is 17.9 Å². The maximum absolute atomic E-state index is 12.0. The van der Waals surface area contributed by atoms with E-state index in [1.165, 1.54) is 10.6 Å². The average Bonchev–Trinajstić information content (AvgIpc) is 2.70. The van der Waals surface area contributed by atoms with Crippen molar-refractivity contribution in [2.45, 2.75) is 6.54 Å². The van der Waals surface area contributed by atoms with E-state index in [1.807, 2.05) is 0 Å². The Bertz CT molecular complexity index is 613. The summed E-state index contributed by atoms with van der Waals surface area (Å²) < 4.78 is 3.90. The maximum atomic E-state index is 12.0. The van der Waals surface area contributed by atoms with Crippen LogP contribution in [0.2, 0.25) is 0 Å². The molecule has 0 aromatic carbocycles. The number of nitrogens with zero attached hydrogens (tertiary/aromatic N) is 2. The van der Waals surface area contributed by atoms with Crippen LogP contribution >= 0.6 is 15.9 Å². The largest absolute Gasteiger partial charge is 0.348 e. The Balaban J connectivity index is 2.28. The lowest BCUT2D eigenvalue weighted by Gasteiger charge is -2.06. The summed E-state index contributed by atoms with van der Waals surface area (Å²) in [7, 11) is 1.80. The van der Waals surface area contributed by atoms with Crippen LogP contribution < -0.4 is 5.56 Å². The van der Waals surface area contributed by atoms with Crippen LogP contribution in [0, 0.1) is 0 Å². The van der Waals surface area contributed by atoms with E-state index >= 15 is 0 Å². The summed E-state index contributed by atoms with van der Waals surface area (Å²) in [4.78, 5) is 23.5. The molecule has 0 aliphatic carbocycles. The average molecular weight is 295 g/mol. The van der Waals surface area contributed by atoms with Gasteiger partial charge in [0.15, 0.2) is 5.78 Å². The predicted octanol–water partition coefficient (Wildman–Crippen LogP) is 1.83. The fourth-order valence-corrected chi connectivity index (χ4v) is 1.99. The fourth-order valence-electron chi connectivity index (χ4n) is 1.61. The molecule has 17 heavy (non-hydrogen) atoms. The lowest BCUT2D eigenvalue weighted by molar-refractivity contribution is 0.0963. The first kappa shape index (κ1) is 11.9. The van der Waals surface area contributed by atoms with Crippen molar-refractivity contribution in [2.75, 3.05) is 0 Å². The highest BCUT2D eigenvalue weighted by Crippen LogP contribution is 2.07. The van der Waals surface area contributed by atoms with Crippen molar-refractivity contribution in [3.05, 3.63) is 57.2 Å². The molecule has 2 aromatic heterocycles. The van der Waals surface area contributed by atoms with Crippen LogP contribution in [0.5, 0.6) is 0 Å². The van der Waals surface area contributed by atoms with Crippen molar-refractivity contribution in [2.24, 2.45) is 7.05 Å². The smallest absolute Gasteiger partial charge is 0.251 e. The standard InChI is InChI=1S/C12H11BrN2O2/c1-14-6-2-3-10(14)11(16)8-15-7-9(13)4-5-12(15)17/h2-7H,8H2,1H3. The zero-order valence-corrected chi connectivity index (χ0v) is 10.8. The molecule has 2 heterocycles. The van der Waals surface area contributed by atoms with Gasteiger partial charge < -0.3 is 9.13 Å². The quantitative estimate of drug-likeness (QED) is 0.811. The summed E-state index contributed by atoms with van der Waals surface area (Å²) in [6, 6.07) is 6.64. The van der Waals surface area contributed by atoms with E-state index in [0.29, 0.717) is 5.69 Å². The molecule has 0 saturated carbocycles. The molecule has 88 valence electrons. The molecular weight excluding hydrogens is 284 g/mol. The summed E-state index contributed by atoms with van der Waals surface area (Å²) >= 11 is 3.27. The lowest BCUT2D eigenvalue weighted by Crippen LogP contribution is -2.23. The van der Waals surface area contributed by atoms with Crippen LogP contribution in [0.4, 0.5) is 0 Å². The van der Waals surface area contributed by atoms with E-state index in [2.05, 4.69) is 15.9 Å². The molecule has 0 saturated heterocycles. The molecule has 0 radical (unpaired) electrons. The molecule has 5 heteroatoms. The Hall–Kier alpha value is -1.62. The molecule has 0 atom stereocenters. The van der Waals surface area contributed by atoms with E-state index < -0.39 is 0 Å². The second-order valence-electron chi connectivity index (χ2n) is 3.74. The van der Waals surface area contributed by atoms with Gasteiger partial charge in [-0.25, -0.2) is 0 Å². The molecule has 0 spiro atoms. The van der Waals surface area contributed by atoms with Gasteiger partial charge in [-0.15, -0.1) is 0 Å².